The molecule has 6 aromatic carbocycles. The normalized spacial score (nSPS) is 18.3. The molecule has 0 amide bonds. The molecule has 8 rings (SSSR count). The second-order valence-electron chi connectivity index (χ2n) is 13.9. The molecule has 262 valence electrons. The Kier molecular flexibility index (Phi) is 8.55. The molecule has 2 atom stereocenters. The molecule has 0 spiro atoms. The topological polar surface area (TPSA) is 40.2 Å². The zero-order valence-electron chi connectivity index (χ0n) is 30.8. The van der Waals surface area contributed by atoms with Crippen LogP contribution in [0, 0.1) is 0 Å². The quantitative estimate of drug-likeness (QED) is 0.151. The first-order valence-corrected chi connectivity index (χ1v) is 18.1. The first-order valence-electron chi connectivity index (χ1n) is 18.1. The zero-order valence-corrected chi connectivity index (χ0v) is 30.8. The van der Waals surface area contributed by atoms with Crippen molar-refractivity contribution < 1.29 is 18.9 Å². The summed E-state index contributed by atoms with van der Waals surface area (Å²) in [6.07, 6.45) is 7.34. The standard InChI is InChI=1S/C47H45NO4/c1-7-8-27-47(51-6)40-21-15-14-19-35(40)34-18-12-13-20-36(34)43-38-29-41(49-4)42(50-5)30-39(38)45-37(44(43)47)26-28-46(52-45,31-16-10-9-11-17-31)32-22-24-33(25-23-32)48(2)3/h9-26,28-30H,7-8,27H2,1-6H3. The van der Waals surface area contributed by atoms with Crippen LogP contribution in [0.1, 0.15) is 54.0 Å². The summed E-state index contributed by atoms with van der Waals surface area (Å²) in [7, 11) is 9.37. The molecular formula is C47H45NO4. The van der Waals surface area contributed by atoms with E-state index >= 15 is 0 Å². The number of methoxy groups -OCH3 is 3. The van der Waals surface area contributed by atoms with E-state index in [9.17, 15) is 0 Å². The van der Waals surface area contributed by atoms with Gasteiger partial charge in [-0.3, -0.25) is 0 Å². The van der Waals surface area contributed by atoms with E-state index in [1.54, 1.807) is 14.2 Å². The Morgan fingerprint density at radius 1 is 0.673 bits per heavy atom. The summed E-state index contributed by atoms with van der Waals surface area (Å²) in [6.45, 7) is 2.24. The molecule has 1 heterocycles. The molecule has 2 aliphatic rings. The van der Waals surface area contributed by atoms with Gasteiger partial charge in [-0.25, -0.2) is 0 Å². The summed E-state index contributed by atoms with van der Waals surface area (Å²) in [4.78, 5) is 2.12. The van der Waals surface area contributed by atoms with Crippen LogP contribution in [0.2, 0.25) is 0 Å². The van der Waals surface area contributed by atoms with E-state index in [1.807, 2.05) is 7.11 Å². The van der Waals surface area contributed by atoms with Gasteiger partial charge in [-0.2, -0.15) is 0 Å². The van der Waals surface area contributed by atoms with E-state index in [-0.39, 0.29) is 0 Å². The van der Waals surface area contributed by atoms with E-state index in [0.717, 1.165) is 80.4 Å². The summed E-state index contributed by atoms with van der Waals surface area (Å²) < 4.78 is 26.6. The Bertz CT molecular complexity index is 2310. The minimum Gasteiger partial charge on any atom is -0.493 e. The summed E-state index contributed by atoms with van der Waals surface area (Å²) >= 11 is 0. The number of ether oxygens (including phenoxy) is 4. The van der Waals surface area contributed by atoms with Gasteiger partial charge in [0.1, 0.15) is 11.4 Å². The molecule has 0 radical (unpaired) electrons. The van der Waals surface area contributed by atoms with E-state index < -0.39 is 11.2 Å². The van der Waals surface area contributed by atoms with Gasteiger partial charge in [0.05, 0.1) is 14.2 Å². The van der Waals surface area contributed by atoms with Crippen molar-refractivity contribution in [1.29, 1.82) is 0 Å². The summed E-state index contributed by atoms with van der Waals surface area (Å²) in [5, 5.41) is 1.96. The van der Waals surface area contributed by atoms with E-state index in [4.69, 9.17) is 18.9 Å². The fraction of sp³-hybridized carbons (Fsp3) is 0.234. The highest BCUT2D eigenvalue weighted by Crippen LogP contribution is 2.59. The van der Waals surface area contributed by atoms with Crippen molar-refractivity contribution in [2.75, 3.05) is 40.3 Å². The Balaban J connectivity index is 1.55. The second kappa shape index (κ2) is 13.2. The highest BCUT2D eigenvalue weighted by Gasteiger charge is 2.46. The molecule has 0 saturated carbocycles. The Morgan fingerprint density at radius 3 is 1.94 bits per heavy atom. The van der Waals surface area contributed by atoms with Crippen molar-refractivity contribution in [3.05, 3.63) is 149 Å². The van der Waals surface area contributed by atoms with Gasteiger partial charge in [0.15, 0.2) is 17.1 Å². The lowest BCUT2D eigenvalue weighted by Crippen LogP contribution is -2.36. The summed E-state index contributed by atoms with van der Waals surface area (Å²) in [5.41, 5.74) is 9.40. The van der Waals surface area contributed by atoms with Crippen LogP contribution in [0.4, 0.5) is 5.69 Å². The SMILES string of the molecule is CCCCC1(OC)c2ccccc2-c2ccccc2-c2c1c1c(c3cc(OC)c(OC)cc23)OC(c2ccccc2)(c2ccc(N(C)C)cc2)C=C1. The molecule has 1 aliphatic carbocycles. The lowest BCUT2D eigenvalue weighted by molar-refractivity contribution is 0.0132. The first kappa shape index (κ1) is 33.6. The number of unbranched alkanes of at least 4 members (excludes halogenated alkanes) is 1. The van der Waals surface area contributed by atoms with Crippen LogP contribution in [0.15, 0.2) is 121 Å². The summed E-state index contributed by atoms with van der Waals surface area (Å²) in [5.74, 6) is 2.09. The Morgan fingerprint density at radius 2 is 1.29 bits per heavy atom. The zero-order chi connectivity index (χ0) is 36.0. The lowest BCUT2D eigenvalue weighted by Gasteiger charge is -2.41. The largest absolute Gasteiger partial charge is 0.493 e. The second-order valence-corrected chi connectivity index (χ2v) is 13.9. The third-order valence-electron chi connectivity index (χ3n) is 11.0. The van der Waals surface area contributed by atoms with E-state index in [1.165, 1.54) is 11.1 Å². The van der Waals surface area contributed by atoms with Gasteiger partial charge in [0.25, 0.3) is 0 Å². The van der Waals surface area contributed by atoms with Crippen molar-refractivity contribution in [2.45, 2.75) is 37.4 Å². The number of anilines is 1. The number of hydrogen-bond donors (Lipinski definition) is 0. The number of fused-ring (bicyclic) bond motifs is 10. The third kappa shape index (κ3) is 5.02. The van der Waals surface area contributed by atoms with Gasteiger partial charge in [-0.05, 0) is 70.0 Å². The van der Waals surface area contributed by atoms with Crippen LogP contribution in [0.25, 0.3) is 39.1 Å². The molecule has 5 heteroatoms. The van der Waals surface area contributed by atoms with Crippen LogP contribution in [-0.2, 0) is 15.9 Å². The number of rotatable bonds is 9. The fourth-order valence-electron chi connectivity index (χ4n) is 8.48. The molecule has 52 heavy (non-hydrogen) atoms. The number of nitrogens with zero attached hydrogens (tertiary/aromatic N) is 1. The monoisotopic (exact) mass is 687 g/mol. The molecule has 0 saturated heterocycles. The Labute approximate surface area is 307 Å². The maximum absolute atomic E-state index is 7.65. The fourth-order valence-corrected chi connectivity index (χ4v) is 8.48. The Hall–Kier alpha value is -5.52. The highest BCUT2D eigenvalue weighted by atomic mass is 16.5. The van der Waals surface area contributed by atoms with Crippen LogP contribution in [-0.4, -0.2) is 35.4 Å². The van der Waals surface area contributed by atoms with Gasteiger partial charge in [-0.1, -0.05) is 117 Å². The van der Waals surface area contributed by atoms with Gasteiger partial charge in [-0.15, -0.1) is 0 Å². The lowest BCUT2D eigenvalue weighted by atomic mass is 9.74. The van der Waals surface area contributed by atoms with Gasteiger partial charge < -0.3 is 23.8 Å². The van der Waals surface area contributed by atoms with Gasteiger partial charge >= 0.3 is 0 Å². The van der Waals surface area contributed by atoms with Crippen molar-refractivity contribution in [2.24, 2.45) is 0 Å². The first-order chi connectivity index (χ1) is 25.4. The molecule has 1 aliphatic heterocycles. The van der Waals surface area contributed by atoms with Crippen molar-refractivity contribution in [1.82, 2.24) is 0 Å². The van der Waals surface area contributed by atoms with Gasteiger partial charge in [0, 0.05) is 54.5 Å². The number of benzene rings is 6. The average molecular weight is 688 g/mol. The molecule has 0 aromatic heterocycles. The van der Waals surface area contributed by atoms with E-state index in [2.05, 4.69) is 153 Å². The average Bonchev–Trinajstić information content (AvgIpc) is 3.31. The van der Waals surface area contributed by atoms with Crippen molar-refractivity contribution >= 4 is 22.5 Å². The molecule has 0 fully saturated rings. The minimum atomic E-state index is -0.910. The molecule has 0 bridgehead atoms. The van der Waals surface area contributed by atoms with E-state index in [0.29, 0.717) is 11.5 Å². The van der Waals surface area contributed by atoms with Crippen molar-refractivity contribution in [3.63, 3.8) is 0 Å². The molecule has 6 aromatic rings. The maximum atomic E-state index is 7.65. The molecular weight excluding hydrogens is 643 g/mol. The molecule has 5 nitrogen and oxygen atoms in total. The van der Waals surface area contributed by atoms with Crippen LogP contribution in [0.3, 0.4) is 0 Å². The third-order valence-corrected chi connectivity index (χ3v) is 11.0. The minimum absolute atomic E-state index is 0.644. The van der Waals surface area contributed by atoms with Gasteiger partial charge in [0.2, 0.25) is 0 Å². The predicted molar refractivity (Wildman–Crippen MR) is 213 cm³/mol. The maximum Gasteiger partial charge on any atom is 0.178 e. The van der Waals surface area contributed by atoms with Crippen molar-refractivity contribution in [3.8, 4) is 39.5 Å². The number of hydrogen-bond acceptors (Lipinski definition) is 5. The van der Waals surface area contributed by atoms with Crippen LogP contribution >= 0.6 is 0 Å². The summed E-state index contributed by atoms with van der Waals surface area (Å²) in [6, 6.07) is 40.9. The smallest absolute Gasteiger partial charge is 0.178 e. The molecule has 2 unspecified atom stereocenters. The highest BCUT2D eigenvalue weighted by molar-refractivity contribution is 6.10. The van der Waals surface area contributed by atoms with Crippen LogP contribution < -0.4 is 19.1 Å². The predicted octanol–water partition coefficient (Wildman–Crippen LogP) is 11.0. The molecule has 0 N–H and O–H groups in total. The van der Waals surface area contributed by atoms with Crippen LogP contribution in [0.5, 0.6) is 17.2 Å².